The highest BCUT2D eigenvalue weighted by molar-refractivity contribution is 5.96. The monoisotopic (exact) mass is 374 g/mol. The molecule has 6 N–H and O–H groups in total. The van der Waals surface area contributed by atoms with Crippen molar-refractivity contribution in [3.8, 4) is 0 Å². The molecule has 27 heavy (non-hydrogen) atoms. The van der Waals surface area contributed by atoms with Crippen molar-refractivity contribution >= 4 is 17.5 Å². The van der Waals surface area contributed by atoms with E-state index in [1.165, 1.54) is 18.2 Å². The molecule has 2 amide bonds. The second kappa shape index (κ2) is 8.70. The number of rotatable bonds is 7. The van der Waals surface area contributed by atoms with Crippen molar-refractivity contribution in [1.82, 2.24) is 10.6 Å². The number of halogens is 1. The zero-order valence-electron chi connectivity index (χ0n) is 15.9. The van der Waals surface area contributed by atoms with Crippen molar-refractivity contribution in [2.45, 2.75) is 39.7 Å². The van der Waals surface area contributed by atoms with Crippen LogP contribution in [0.5, 0.6) is 0 Å². The van der Waals surface area contributed by atoms with Crippen molar-refractivity contribution in [3.63, 3.8) is 0 Å². The van der Waals surface area contributed by atoms with Crippen molar-refractivity contribution < 1.29 is 14.0 Å². The van der Waals surface area contributed by atoms with Gasteiger partial charge >= 0.3 is 0 Å². The summed E-state index contributed by atoms with van der Waals surface area (Å²) in [6, 6.07) is 2.92. The smallest absolute Gasteiger partial charge is 0.267 e. The number of nitrogens with two attached hydrogens (primary N) is 2. The van der Waals surface area contributed by atoms with Crippen molar-refractivity contribution in [3.05, 3.63) is 52.5 Å². The van der Waals surface area contributed by atoms with Crippen LogP contribution in [0.15, 0.2) is 30.0 Å². The Morgan fingerprint density at radius 3 is 2.52 bits per heavy atom. The molecule has 1 aliphatic rings. The number of hydrogen-bond donors (Lipinski definition) is 4. The summed E-state index contributed by atoms with van der Waals surface area (Å²) in [6.45, 7) is 6.04. The first kappa shape index (κ1) is 20.5. The molecule has 7 heteroatoms. The van der Waals surface area contributed by atoms with Crippen LogP contribution in [0.2, 0.25) is 0 Å². The highest BCUT2D eigenvalue weighted by Crippen LogP contribution is 2.23. The largest absolute Gasteiger partial charge is 0.398 e. The first-order valence-corrected chi connectivity index (χ1v) is 9.01. The average molecular weight is 374 g/mol. The molecule has 0 aromatic heterocycles. The summed E-state index contributed by atoms with van der Waals surface area (Å²) in [7, 11) is 0. The maximum absolute atomic E-state index is 14.2. The predicted molar refractivity (Wildman–Crippen MR) is 104 cm³/mol. The Kier molecular flexibility index (Phi) is 6.60. The van der Waals surface area contributed by atoms with Gasteiger partial charge in [-0.1, -0.05) is 13.8 Å². The standard InChI is InChI=1S/C20H27FN4O2/c1-11(2)10-24-20(27)18(23)7-6-17(22)15-8-13(9-16(21)12(15)3)19(26)25-14-4-5-14/h6-9,11,14H,4-5,10,22-23H2,1-3H3,(H,24,27)(H,25,26)/b17-6-,18-7-. The first-order chi connectivity index (χ1) is 12.7. The molecule has 1 aliphatic carbocycles. The maximum Gasteiger partial charge on any atom is 0.267 e. The molecule has 146 valence electrons. The van der Waals surface area contributed by atoms with Crippen LogP contribution < -0.4 is 22.1 Å². The number of carbonyl (C=O) groups is 2. The summed E-state index contributed by atoms with van der Waals surface area (Å²) in [5.74, 6) is -0.935. The molecule has 1 aromatic carbocycles. The van der Waals surface area contributed by atoms with E-state index in [1.54, 1.807) is 13.0 Å². The lowest BCUT2D eigenvalue weighted by molar-refractivity contribution is -0.117. The highest BCUT2D eigenvalue weighted by atomic mass is 19.1. The number of benzene rings is 1. The van der Waals surface area contributed by atoms with Gasteiger partial charge in [0, 0.05) is 29.4 Å². The van der Waals surface area contributed by atoms with Gasteiger partial charge in [-0.25, -0.2) is 4.39 Å². The van der Waals surface area contributed by atoms with E-state index in [0.717, 1.165) is 12.8 Å². The van der Waals surface area contributed by atoms with Gasteiger partial charge in [0.25, 0.3) is 11.8 Å². The fourth-order valence-corrected chi connectivity index (χ4v) is 2.35. The van der Waals surface area contributed by atoms with E-state index in [1.807, 2.05) is 13.8 Å². The lowest BCUT2D eigenvalue weighted by atomic mass is 10.0. The van der Waals surface area contributed by atoms with Crippen LogP contribution in [0.25, 0.3) is 5.70 Å². The highest BCUT2D eigenvalue weighted by Gasteiger charge is 2.24. The van der Waals surface area contributed by atoms with Crippen LogP contribution in [-0.4, -0.2) is 24.4 Å². The normalized spacial score (nSPS) is 15.0. The molecule has 6 nitrogen and oxygen atoms in total. The minimum atomic E-state index is -0.517. The molecular weight excluding hydrogens is 347 g/mol. The van der Waals surface area contributed by atoms with Crippen LogP contribution in [0.1, 0.15) is 48.2 Å². The van der Waals surface area contributed by atoms with Gasteiger partial charge in [-0.05, 0) is 55.5 Å². The molecule has 0 saturated heterocycles. The average Bonchev–Trinajstić information content (AvgIpc) is 3.43. The van der Waals surface area contributed by atoms with Crippen molar-refractivity contribution in [2.75, 3.05) is 6.54 Å². The van der Waals surface area contributed by atoms with E-state index >= 15 is 0 Å². The van der Waals surface area contributed by atoms with Crippen molar-refractivity contribution in [1.29, 1.82) is 0 Å². The summed E-state index contributed by atoms with van der Waals surface area (Å²) < 4.78 is 14.2. The molecule has 1 aromatic rings. The SMILES string of the molecule is Cc1c(F)cc(C(=O)NC2CC2)cc1/C(N)=C/C=C(\N)C(=O)NCC(C)C. The summed E-state index contributed by atoms with van der Waals surface area (Å²) in [5, 5.41) is 5.52. The molecule has 0 heterocycles. The summed E-state index contributed by atoms with van der Waals surface area (Å²) >= 11 is 0. The molecule has 0 atom stereocenters. The zero-order valence-corrected chi connectivity index (χ0v) is 15.9. The molecule has 1 saturated carbocycles. The Balaban J connectivity index is 2.20. The fraction of sp³-hybridized carbons (Fsp3) is 0.400. The van der Waals surface area contributed by atoms with E-state index in [-0.39, 0.29) is 28.9 Å². The molecule has 0 spiro atoms. The van der Waals surface area contributed by atoms with Gasteiger partial charge in [0.05, 0.1) is 5.70 Å². The lowest BCUT2D eigenvalue weighted by Crippen LogP contribution is -2.31. The van der Waals surface area contributed by atoms with E-state index in [4.69, 9.17) is 11.5 Å². The van der Waals surface area contributed by atoms with E-state index < -0.39 is 11.7 Å². The van der Waals surface area contributed by atoms with Crippen LogP contribution in [0.3, 0.4) is 0 Å². The van der Waals surface area contributed by atoms with Gasteiger partial charge in [-0.3, -0.25) is 9.59 Å². The Bertz CT molecular complexity index is 795. The predicted octanol–water partition coefficient (Wildman–Crippen LogP) is 1.94. The Hall–Kier alpha value is -2.83. The molecule has 1 fully saturated rings. The van der Waals surface area contributed by atoms with Crippen molar-refractivity contribution in [2.24, 2.45) is 17.4 Å². The van der Waals surface area contributed by atoms with E-state index in [9.17, 15) is 14.0 Å². The number of allylic oxidation sites excluding steroid dienone is 2. The second-order valence-corrected chi connectivity index (χ2v) is 7.23. The van der Waals surface area contributed by atoms with Gasteiger partial charge in [0.1, 0.15) is 5.82 Å². The number of amides is 2. The number of carbonyl (C=O) groups excluding carboxylic acids is 2. The third kappa shape index (κ3) is 5.84. The Morgan fingerprint density at radius 1 is 1.26 bits per heavy atom. The summed E-state index contributed by atoms with van der Waals surface area (Å²) in [4.78, 5) is 24.1. The minimum Gasteiger partial charge on any atom is -0.398 e. The molecule has 0 bridgehead atoms. The van der Waals surface area contributed by atoms with E-state index in [0.29, 0.717) is 23.6 Å². The molecular formula is C20H27FN4O2. The van der Waals surface area contributed by atoms with Crippen LogP contribution in [-0.2, 0) is 4.79 Å². The van der Waals surface area contributed by atoms with Gasteiger partial charge in [-0.2, -0.15) is 0 Å². The van der Waals surface area contributed by atoms with Gasteiger partial charge in [0.15, 0.2) is 0 Å². The number of nitrogens with one attached hydrogen (secondary N) is 2. The first-order valence-electron chi connectivity index (χ1n) is 9.01. The fourth-order valence-electron chi connectivity index (χ4n) is 2.35. The molecule has 0 aliphatic heterocycles. The lowest BCUT2D eigenvalue weighted by Gasteiger charge is -2.11. The third-order valence-electron chi connectivity index (χ3n) is 4.21. The summed E-state index contributed by atoms with van der Waals surface area (Å²) in [6.07, 6.45) is 4.70. The number of hydrogen-bond acceptors (Lipinski definition) is 4. The topological polar surface area (TPSA) is 110 Å². The van der Waals surface area contributed by atoms with Gasteiger partial charge in [-0.15, -0.1) is 0 Å². The van der Waals surface area contributed by atoms with Crippen LogP contribution in [0, 0.1) is 18.7 Å². The Labute approximate surface area is 158 Å². The molecule has 2 rings (SSSR count). The zero-order chi connectivity index (χ0) is 20.1. The maximum atomic E-state index is 14.2. The van der Waals surface area contributed by atoms with E-state index in [2.05, 4.69) is 10.6 Å². The molecule has 0 unspecified atom stereocenters. The molecule has 0 radical (unpaired) electrons. The second-order valence-electron chi connectivity index (χ2n) is 7.23. The summed E-state index contributed by atoms with van der Waals surface area (Å²) in [5.41, 5.74) is 12.9. The van der Waals surface area contributed by atoms with Gasteiger partial charge < -0.3 is 22.1 Å². The van der Waals surface area contributed by atoms with Crippen LogP contribution >= 0.6 is 0 Å². The van der Waals surface area contributed by atoms with Gasteiger partial charge in [0.2, 0.25) is 0 Å². The third-order valence-corrected chi connectivity index (χ3v) is 4.21. The quantitative estimate of drug-likeness (QED) is 0.432. The van der Waals surface area contributed by atoms with Crippen LogP contribution in [0.4, 0.5) is 4.39 Å². The Morgan fingerprint density at radius 2 is 1.93 bits per heavy atom. The minimum absolute atomic E-state index is 0.000596.